The molecule has 2 atom stereocenters. The van der Waals surface area contributed by atoms with Gasteiger partial charge in [-0.05, 0) is 61.4 Å². The Kier molecular flexibility index (Phi) is 4.86. The number of hydrogen-bond acceptors (Lipinski definition) is 4. The summed E-state index contributed by atoms with van der Waals surface area (Å²) in [6.07, 6.45) is 5.07. The van der Waals surface area contributed by atoms with E-state index >= 15 is 0 Å². The lowest BCUT2D eigenvalue weighted by atomic mass is 9.87. The minimum atomic E-state index is -0.655. The van der Waals surface area contributed by atoms with Gasteiger partial charge >= 0.3 is 0 Å². The Balaban J connectivity index is 1.55. The van der Waals surface area contributed by atoms with Gasteiger partial charge < -0.3 is 4.81 Å². The third-order valence-corrected chi connectivity index (χ3v) is 6.63. The average Bonchev–Trinajstić information content (AvgIpc) is 2.98. The highest BCUT2D eigenvalue weighted by Gasteiger charge is 2.41. The van der Waals surface area contributed by atoms with Crippen molar-refractivity contribution in [2.24, 2.45) is 0 Å². The highest BCUT2D eigenvalue weighted by Crippen LogP contribution is 2.42. The third-order valence-electron chi connectivity index (χ3n) is 6.63. The Morgan fingerprint density at radius 3 is 2.73 bits per heavy atom. The van der Waals surface area contributed by atoms with Gasteiger partial charge in [0.2, 0.25) is 11.8 Å². The summed E-state index contributed by atoms with van der Waals surface area (Å²) < 4.78 is 0. The Morgan fingerprint density at radius 2 is 1.90 bits per heavy atom. The number of nitrogens with zero attached hydrogens (tertiary/aromatic N) is 2. The number of anilines is 1. The van der Waals surface area contributed by atoms with E-state index in [0.29, 0.717) is 12.0 Å². The molecule has 0 aromatic heterocycles. The van der Waals surface area contributed by atoms with Crippen molar-refractivity contribution in [3.8, 4) is 0 Å². The lowest BCUT2D eigenvalue weighted by Crippen LogP contribution is -2.53. The van der Waals surface area contributed by atoms with Crippen molar-refractivity contribution in [3.63, 3.8) is 0 Å². The van der Waals surface area contributed by atoms with E-state index in [1.165, 1.54) is 0 Å². The normalized spacial score (nSPS) is 25.3. The van der Waals surface area contributed by atoms with Crippen molar-refractivity contribution < 1.29 is 14.4 Å². The fraction of sp³-hybridized carbons (Fsp3) is 0.435. The van der Waals surface area contributed by atoms with Crippen LogP contribution in [-0.4, -0.2) is 49.6 Å². The van der Waals surface area contributed by atoms with Crippen LogP contribution < -0.4 is 10.2 Å². The molecule has 2 aromatic rings. The first-order valence-corrected chi connectivity index (χ1v) is 10.8. The SMILES string of the molecule is [B]N1CCCCCC(c2cc3c4c(cccc4c2)N(C2CCC(=O)NC2=O)C3=O)C1. The standard InChI is InChI=1S/C23H24BN3O3/c24-26-10-3-1-2-5-15(13-26)16-11-14-6-4-7-18-21(14)17(12-16)23(30)27(18)19-8-9-20(28)25-22(19)29/h4,6-7,11-12,15,19H,1-3,5,8-10,13H2,(H,25,28,29). The molecule has 152 valence electrons. The summed E-state index contributed by atoms with van der Waals surface area (Å²) in [5.74, 6) is -0.565. The molecule has 3 aliphatic rings. The van der Waals surface area contributed by atoms with Crippen molar-refractivity contribution in [2.45, 2.75) is 50.5 Å². The van der Waals surface area contributed by atoms with Crippen LogP contribution in [0.1, 0.15) is 60.4 Å². The van der Waals surface area contributed by atoms with Crippen molar-refractivity contribution in [1.82, 2.24) is 10.1 Å². The van der Waals surface area contributed by atoms with E-state index in [-0.39, 0.29) is 24.2 Å². The van der Waals surface area contributed by atoms with Crippen LogP contribution in [0, 0.1) is 0 Å². The molecule has 2 fully saturated rings. The minimum Gasteiger partial charge on any atom is -0.353 e. The van der Waals surface area contributed by atoms with Gasteiger partial charge in [0.15, 0.2) is 7.98 Å². The lowest BCUT2D eigenvalue weighted by Gasteiger charge is -2.30. The maximum Gasteiger partial charge on any atom is 0.259 e. The molecule has 0 saturated carbocycles. The highest BCUT2D eigenvalue weighted by molar-refractivity contribution is 6.27. The number of hydrogen-bond donors (Lipinski definition) is 1. The number of rotatable bonds is 2. The molecule has 2 saturated heterocycles. The molecule has 3 heterocycles. The predicted molar refractivity (Wildman–Crippen MR) is 115 cm³/mol. The number of benzene rings is 2. The first-order chi connectivity index (χ1) is 14.5. The van der Waals surface area contributed by atoms with Crippen LogP contribution in [0.25, 0.3) is 10.8 Å². The molecule has 3 amide bonds. The summed E-state index contributed by atoms with van der Waals surface area (Å²) in [4.78, 5) is 41.0. The second-order valence-electron chi connectivity index (χ2n) is 8.63. The van der Waals surface area contributed by atoms with Gasteiger partial charge in [-0.3, -0.25) is 24.6 Å². The molecule has 2 unspecified atom stereocenters. The summed E-state index contributed by atoms with van der Waals surface area (Å²) in [6, 6.07) is 9.35. The monoisotopic (exact) mass is 401 g/mol. The average molecular weight is 401 g/mol. The van der Waals surface area contributed by atoms with Crippen LogP contribution >= 0.6 is 0 Å². The van der Waals surface area contributed by atoms with Gasteiger partial charge in [-0.15, -0.1) is 0 Å². The zero-order valence-corrected chi connectivity index (χ0v) is 16.9. The Bertz CT molecular complexity index is 1050. The summed E-state index contributed by atoms with van der Waals surface area (Å²) in [5.41, 5.74) is 2.53. The number of amides is 3. The summed E-state index contributed by atoms with van der Waals surface area (Å²) in [6.45, 7) is 1.67. The molecule has 5 rings (SSSR count). The minimum absolute atomic E-state index is 0.159. The second-order valence-corrected chi connectivity index (χ2v) is 8.63. The quantitative estimate of drug-likeness (QED) is 0.621. The smallest absolute Gasteiger partial charge is 0.259 e. The van der Waals surface area contributed by atoms with Crippen molar-refractivity contribution >= 4 is 42.2 Å². The maximum absolute atomic E-state index is 13.5. The van der Waals surface area contributed by atoms with Gasteiger partial charge in [-0.25, -0.2) is 0 Å². The number of carbonyl (C=O) groups is 3. The van der Waals surface area contributed by atoms with E-state index in [1.54, 1.807) is 4.90 Å². The molecule has 3 aliphatic heterocycles. The van der Waals surface area contributed by atoms with E-state index in [4.69, 9.17) is 7.98 Å². The van der Waals surface area contributed by atoms with Crippen LogP contribution in [0.4, 0.5) is 5.69 Å². The zero-order chi connectivity index (χ0) is 20.8. The molecule has 0 bridgehead atoms. The van der Waals surface area contributed by atoms with Crippen molar-refractivity contribution in [1.29, 1.82) is 0 Å². The van der Waals surface area contributed by atoms with Crippen LogP contribution in [0.15, 0.2) is 30.3 Å². The van der Waals surface area contributed by atoms with Crippen LogP contribution in [-0.2, 0) is 9.59 Å². The van der Waals surface area contributed by atoms with Crippen molar-refractivity contribution in [3.05, 3.63) is 41.5 Å². The molecule has 1 N–H and O–H groups in total. The summed E-state index contributed by atoms with van der Waals surface area (Å²) in [7, 11) is 6.18. The molecular weight excluding hydrogens is 377 g/mol. The third kappa shape index (κ3) is 3.21. The fourth-order valence-corrected chi connectivity index (χ4v) is 5.13. The first kappa shape index (κ1) is 19.3. The van der Waals surface area contributed by atoms with Gasteiger partial charge in [-0.2, -0.15) is 0 Å². The Morgan fingerprint density at radius 1 is 1.03 bits per heavy atom. The molecule has 30 heavy (non-hydrogen) atoms. The molecule has 6 nitrogen and oxygen atoms in total. The van der Waals surface area contributed by atoms with E-state index in [1.807, 2.05) is 29.1 Å². The Hall–Kier alpha value is -2.67. The highest BCUT2D eigenvalue weighted by atomic mass is 16.2. The van der Waals surface area contributed by atoms with Crippen molar-refractivity contribution in [2.75, 3.05) is 18.0 Å². The zero-order valence-electron chi connectivity index (χ0n) is 16.9. The van der Waals surface area contributed by atoms with Gasteiger partial charge in [-0.1, -0.05) is 31.0 Å². The molecule has 7 heteroatoms. The van der Waals surface area contributed by atoms with E-state index in [0.717, 1.165) is 60.8 Å². The number of imide groups is 1. The summed E-state index contributed by atoms with van der Waals surface area (Å²) >= 11 is 0. The maximum atomic E-state index is 13.5. The van der Waals surface area contributed by atoms with E-state index in [2.05, 4.69) is 11.4 Å². The summed E-state index contributed by atoms with van der Waals surface area (Å²) in [5, 5.41) is 4.28. The molecule has 0 spiro atoms. The Labute approximate surface area is 177 Å². The van der Waals surface area contributed by atoms with E-state index < -0.39 is 11.9 Å². The second kappa shape index (κ2) is 7.54. The van der Waals surface area contributed by atoms with Crippen LogP contribution in [0.5, 0.6) is 0 Å². The lowest BCUT2D eigenvalue weighted by molar-refractivity contribution is -0.134. The number of piperidine rings is 1. The molecule has 2 radical (unpaired) electrons. The van der Waals surface area contributed by atoms with Gasteiger partial charge in [0.05, 0.1) is 11.3 Å². The fourth-order valence-electron chi connectivity index (χ4n) is 5.13. The van der Waals surface area contributed by atoms with Gasteiger partial charge in [0.1, 0.15) is 6.04 Å². The van der Waals surface area contributed by atoms with E-state index in [9.17, 15) is 14.4 Å². The van der Waals surface area contributed by atoms with Gasteiger partial charge in [0, 0.05) is 11.8 Å². The number of carbonyl (C=O) groups excluding carboxylic acids is 3. The largest absolute Gasteiger partial charge is 0.353 e. The van der Waals surface area contributed by atoms with Crippen LogP contribution in [0.2, 0.25) is 0 Å². The number of nitrogens with one attached hydrogen (secondary N) is 1. The first-order valence-electron chi connectivity index (χ1n) is 10.8. The van der Waals surface area contributed by atoms with Gasteiger partial charge in [0.25, 0.3) is 5.91 Å². The molecule has 2 aromatic carbocycles. The molecule has 0 aliphatic carbocycles. The molecular formula is C23H24BN3O3. The van der Waals surface area contributed by atoms with Crippen LogP contribution in [0.3, 0.4) is 0 Å². The topological polar surface area (TPSA) is 69.7 Å². The predicted octanol–water partition coefficient (Wildman–Crippen LogP) is 2.65.